The lowest BCUT2D eigenvalue weighted by molar-refractivity contribution is -0.137. The standard InChI is InChI=1S/C24H19F3N2O/c1-15-5-7-16(8-6-15)14-29-22(19-10-9-17-3-2-4-18(17)11-19)12-21(24(25,26)27)20(13-28)23(29)30/h5-12H,2-4,14H2,1H3. The minimum absolute atomic E-state index is 0.0817. The van der Waals surface area contributed by atoms with Crippen molar-refractivity contribution in [2.24, 2.45) is 0 Å². The van der Waals surface area contributed by atoms with Crippen molar-refractivity contribution in [1.29, 1.82) is 5.26 Å². The Hall–Kier alpha value is -3.33. The first-order chi connectivity index (χ1) is 14.3. The fourth-order valence-electron chi connectivity index (χ4n) is 3.98. The van der Waals surface area contributed by atoms with Crippen LogP contribution in [-0.4, -0.2) is 4.57 Å². The summed E-state index contributed by atoms with van der Waals surface area (Å²) in [6.45, 7) is 2.01. The van der Waals surface area contributed by atoms with E-state index in [4.69, 9.17) is 0 Å². The second-order valence-electron chi connectivity index (χ2n) is 7.64. The lowest BCUT2D eigenvalue weighted by Gasteiger charge is -2.18. The topological polar surface area (TPSA) is 45.8 Å². The molecule has 0 radical (unpaired) electrons. The SMILES string of the molecule is Cc1ccc(Cn2c(-c3ccc4c(c3)CCC4)cc(C(F)(F)F)c(C#N)c2=O)cc1. The average molecular weight is 408 g/mol. The summed E-state index contributed by atoms with van der Waals surface area (Å²) >= 11 is 0. The molecular formula is C24H19F3N2O. The predicted octanol–water partition coefficient (Wildman–Crippen LogP) is 5.25. The van der Waals surface area contributed by atoms with Gasteiger partial charge in [0.25, 0.3) is 5.56 Å². The number of nitrogens with zero attached hydrogens (tertiary/aromatic N) is 2. The van der Waals surface area contributed by atoms with Gasteiger partial charge in [0.05, 0.1) is 17.8 Å². The molecule has 0 bridgehead atoms. The molecule has 0 saturated carbocycles. The molecule has 0 amide bonds. The van der Waals surface area contributed by atoms with Crippen LogP contribution in [0.25, 0.3) is 11.3 Å². The van der Waals surface area contributed by atoms with Gasteiger partial charge in [-0.25, -0.2) is 0 Å². The summed E-state index contributed by atoms with van der Waals surface area (Å²) in [6, 6.07) is 15.4. The first-order valence-corrected chi connectivity index (χ1v) is 9.71. The highest BCUT2D eigenvalue weighted by molar-refractivity contribution is 5.65. The zero-order valence-electron chi connectivity index (χ0n) is 16.4. The summed E-state index contributed by atoms with van der Waals surface area (Å²) < 4.78 is 42.2. The molecule has 2 aromatic carbocycles. The van der Waals surface area contributed by atoms with E-state index in [2.05, 4.69) is 0 Å². The van der Waals surface area contributed by atoms with Gasteiger partial charge in [-0.05, 0) is 60.6 Å². The minimum Gasteiger partial charge on any atom is -0.303 e. The van der Waals surface area contributed by atoms with Gasteiger partial charge in [-0.3, -0.25) is 4.79 Å². The molecule has 0 saturated heterocycles. The van der Waals surface area contributed by atoms with E-state index in [1.54, 1.807) is 6.07 Å². The number of aryl methyl sites for hydroxylation is 3. The van der Waals surface area contributed by atoms with Crippen molar-refractivity contribution in [3.63, 3.8) is 0 Å². The lowest BCUT2D eigenvalue weighted by atomic mass is 10.00. The Kier molecular flexibility index (Phi) is 4.98. The fourth-order valence-corrected chi connectivity index (χ4v) is 3.98. The molecule has 0 N–H and O–H groups in total. The van der Waals surface area contributed by atoms with Crippen LogP contribution < -0.4 is 5.56 Å². The second kappa shape index (κ2) is 7.49. The van der Waals surface area contributed by atoms with Crippen molar-refractivity contribution in [1.82, 2.24) is 4.57 Å². The van der Waals surface area contributed by atoms with Gasteiger partial charge in [-0.15, -0.1) is 0 Å². The third-order valence-electron chi connectivity index (χ3n) is 5.57. The average Bonchev–Trinajstić information content (AvgIpc) is 3.17. The molecule has 1 aliphatic carbocycles. The third-order valence-corrected chi connectivity index (χ3v) is 5.57. The number of nitriles is 1. The number of alkyl halides is 3. The maximum Gasteiger partial charge on any atom is 0.417 e. The maximum absolute atomic E-state index is 13.6. The van der Waals surface area contributed by atoms with E-state index in [-0.39, 0.29) is 12.2 Å². The van der Waals surface area contributed by atoms with Crippen LogP contribution >= 0.6 is 0 Å². The molecule has 4 rings (SSSR count). The van der Waals surface area contributed by atoms with Crippen molar-refractivity contribution in [2.45, 2.75) is 38.9 Å². The fraction of sp³-hybridized carbons (Fsp3) is 0.250. The van der Waals surface area contributed by atoms with Gasteiger partial charge in [0, 0.05) is 0 Å². The van der Waals surface area contributed by atoms with E-state index in [0.29, 0.717) is 5.56 Å². The van der Waals surface area contributed by atoms with E-state index >= 15 is 0 Å². The van der Waals surface area contributed by atoms with Crippen molar-refractivity contribution in [2.75, 3.05) is 0 Å². The van der Waals surface area contributed by atoms with Crippen LogP contribution in [0, 0.1) is 18.3 Å². The van der Waals surface area contributed by atoms with Gasteiger partial charge in [0.1, 0.15) is 11.6 Å². The molecule has 0 unspecified atom stereocenters. The zero-order chi connectivity index (χ0) is 21.5. The largest absolute Gasteiger partial charge is 0.417 e. The van der Waals surface area contributed by atoms with Crippen molar-refractivity contribution >= 4 is 0 Å². The second-order valence-corrected chi connectivity index (χ2v) is 7.64. The molecule has 1 heterocycles. The maximum atomic E-state index is 13.6. The Bertz CT molecular complexity index is 1220. The van der Waals surface area contributed by atoms with Gasteiger partial charge in [0.15, 0.2) is 0 Å². The Balaban J connectivity index is 1.96. The molecule has 30 heavy (non-hydrogen) atoms. The van der Waals surface area contributed by atoms with Crippen LogP contribution in [0.2, 0.25) is 0 Å². The van der Waals surface area contributed by atoms with Gasteiger partial charge in [-0.1, -0.05) is 42.0 Å². The molecule has 3 nitrogen and oxygen atoms in total. The van der Waals surface area contributed by atoms with E-state index in [0.717, 1.165) is 42.0 Å². The van der Waals surface area contributed by atoms with Crippen molar-refractivity contribution in [3.8, 4) is 17.3 Å². The first-order valence-electron chi connectivity index (χ1n) is 9.71. The summed E-state index contributed by atoms with van der Waals surface area (Å²) in [5.74, 6) is 0. The van der Waals surface area contributed by atoms with Crippen LogP contribution in [0.5, 0.6) is 0 Å². The highest BCUT2D eigenvalue weighted by Gasteiger charge is 2.36. The Labute approximate surface area is 172 Å². The van der Waals surface area contributed by atoms with Crippen molar-refractivity contribution < 1.29 is 13.2 Å². The van der Waals surface area contributed by atoms with E-state index in [1.165, 1.54) is 16.2 Å². The first kappa shape index (κ1) is 20.0. The van der Waals surface area contributed by atoms with E-state index in [1.807, 2.05) is 43.3 Å². The van der Waals surface area contributed by atoms with Crippen LogP contribution in [0.4, 0.5) is 13.2 Å². The Morgan fingerprint density at radius 1 is 1.03 bits per heavy atom. The van der Waals surface area contributed by atoms with E-state index in [9.17, 15) is 23.2 Å². The van der Waals surface area contributed by atoms with Gasteiger partial charge in [-0.2, -0.15) is 18.4 Å². The molecule has 1 aromatic heterocycles. The zero-order valence-corrected chi connectivity index (χ0v) is 16.4. The quantitative estimate of drug-likeness (QED) is 0.594. The highest BCUT2D eigenvalue weighted by Crippen LogP contribution is 2.35. The van der Waals surface area contributed by atoms with Gasteiger partial charge >= 0.3 is 6.18 Å². The lowest BCUT2D eigenvalue weighted by Crippen LogP contribution is -2.28. The number of benzene rings is 2. The highest BCUT2D eigenvalue weighted by atomic mass is 19.4. The van der Waals surface area contributed by atoms with Crippen LogP contribution in [0.15, 0.2) is 53.3 Å². The number of rotatable bonds is 3. The molecule has 0 spiro atoms. The Morgan fingerprint density at radius 2 is 1.73 bits per heavy atom. The number of hydrogen-bond acceptors (Lipinski definition) is 2. The number of fused-ring (bicyclic) bond motifs is 1. The summed E-state index contributed by atoms with van der Waals surface area (Å²) in [7, 11) is 0. The molecular weight excluding hydrogens is 389 g/mol. The number of hydrogen-bond donors (Lipinski definition) is 0. The van der Waals surface area contributed by atoms with Crippen LogP contribution in [-0.2, 0) is 25.6 Å². The summed E-state index contributed by atoms with van der Waals surface area (Å²) in [5.41, 5.74) is 1.82. The molecule has 0 atom stereocenters. The molecule has 0 fully saturated rings. The predicted molar refractivity (Wildman–Crippen MR) is 108 cm³/mol. The van der Waals surface area contributed by atoms with Gasteiger partial charge < -0.3 is 4.57 Å². The molecule has 6 heteroatoms. The normalized spacial score (nSPS) is 13.2. The number of aromatic nitrogens is 1. The number of pyridine rings is 1. The van der Waals surface area contributed by atoms with Crippen LogP contribution in [0.3, 0.4) is 0 Å². The van der Waals surface area contributed by atoms with Gasteiger partial charge in [0.2, 0.25) is 0 Å². The molecule has 1 aliphatic rings. The summed E-state index contributed by atoms with van der Waals surface area (Å²) in [6.07, 6.45) is -1.96. The monoisotopic (exact) mass is 408 g/mol. The van der Waals surface area contributed by atoms with E-state index < -0.39 is 22.9 Å². The summed E-state index contributed by atoms with van der Waals surface area (Å²) in [4.78, 5) is 13.0. The molecule has 152 valence electrons. The summed E-state index contributed by atoms with van der Waals surface area (Å²) in [5, 5.41) is 9.31. The third kappa shape index (κ3) is 3.63. The Morgan fingerprint density at radius 3 is 2.40 bits per heavy atom. The minimum atomic E-state index is -4.79. The smallest absolute Gasteiger partial charge is 0.303 e. The molecule has 3 aromatic rings. The van der Waals surface area contributed by atoms with Crippen LogP contribution in [0.1, 0.15) is 39.8 Å². The van der Waals surface area contributed by atoms with Crippen molar-refractivity contribution in [3.05, 3.63) is 92.3 Å². The molecule has 0 aliphatic heterocycles. The number of halogens is 3.